The average molecular weight is 334 g/mol. The normalized spacial score (nSPS) is 10.5. The van der Waals surface area contributed by atoms with Crippen LogP contribution in [0.4, 0.5) is 0 Å². The van der Waals surface area contributed by atoms with Gasteiger partial charge in [-0.15, -0.1) is 23.1 Å². The minimum Gasteiger partial charge on any atom is -0.288 e. The van der Waals surface area contributed by atoms with E-state index in [1.54, 1.807) is 23.9 Å². The van der Waals surface area contributed by atoms with Crippen molar-refractivity contribution < 1.29 is 4.79 Å². The molecule has 0 aliphatic rings. The molecule has 1 aromatic heterocycles. The Kier molecular flexibility index (Phi) is 5.06. The molecule has 0 aliphatic carbocycles. The van der Waals surface area contributed by atoms with Crippen LogP contribution in [0.2, 0.25) is 10.0 Å². The predicted octanol–water partition coefficient (Wildman–Crippen LogP) is 3.35. The Balaban J connectivity index is 2.00. The lowest BCUT2D eigenvalue weighted by Gasteiger charge is -2.01. The summed E-state index contributed by atoms with van der Waals surface area (Å²) in [7, 11) is 0. The Morgan fingerprint density at radius 1 is 1.42 bits per heavy atom. The predicted molar refractivity (Wildman–Crippen MR) is 79.8 cm³/mol. The first-order valence-electron chi connectivity index (χ1n) is 5.13. The summed E-state index contributed by atoms with van der Waals surface area (Å²) >= 11 is 14.6. The fourth-order valence-corrected chi connectivity index (χ4v) is 3.28. The number of nitrogens with zero attached hydrogens (tertiary/aromatic N) is 1. The molecule has 0 atom stereocenters. The number of halogens is 2. The summed E-state index contributed by atoms with van der Waals surface area (Å²) in [5.74, 6) is 5.31. The first-order valence-corrected chi connectivity index (χ1v) is 7.75. The quantitative estimate of drug-likeness (QED) is 0.389. The third kappa shape index (κ3) is 3.84. The Labute approximate surface area is 128 Å². The summed E-state index contributed by atoms with van der Waals surface area (Å²) in [5.41, 5.74) is 2.87. The second kappa shape index (κ2) is 6.58. The summed E-state index contributed by atoms with van der Waals surface area (Å²) in [4.78, 5) is 16.4. The van der Waals surface area contributed by atoms with Gasteiger partial charge in [-0.2, -0.15) is 0 Å². The number of nitrogens with two attached hydrogens (primary N) is 1. The van der Waals surface area contributed by atoms with Crippen molar-refractivity contribution >= 4 is 52.2 Å². The first kappa shape index (κ1) is 14.6. The van der Waals surface area contributed by atoms with Crippen LogP contribution in [0.5, 0.6) is 0 Å². The van der Waals surface area contributed by atoms with E-state index in [1.165, 1.54) is 11.3 Å². The highest BCUT2D eigenvalue weighted by Gasteiger charge is 2.09. The molecular weight excluding hydrogens is 325 g/mol. The molecular formula is C11H9Cl2N3OS2. The van der Waals surface area contributed by atoms with Gasteiger partial charge in [0.25, 0.3) is 5.91 Å². The molecule has 2 rings (SSSR count). The van der Waals surface area contributed by atoms with Gasteiger partial charge in [-0.05, 0) is 18.2 Å². The number of hydrogen-bond donors (Lipinski definition) is 2. The van der Waals surface area contributed by atoms with E-state index in [2.05, 4.69) is 10.4 Å². The topological polar surface area (TPSA) is 68.0 Å². The second-order valence-corrected chi connectivity index (χ2v) is 6.20. The molecule has 0 bridgehead atoms. The molecule has 1 aromatic carbocycles. The van der Waals surface area contributed by atoms with E-state index in [4.69, 9.17) is 29.0 Å². The van der Waals surface area contributed by atoms with E-state index in [1.807, 2.05) is 11.4 Å². The fraction of sp³-hybridized carbons (Fsp3) is 0.0909. The van der Waals surface area contributed by atoms with Gasteiger partial charge >= 0.3 is 0 Å². The molecule has 100 valence electrons. The van der Waals surface area contributed by atoms with Gasteiger partial charge in [-0.3, -0.25) is 10.2 Å². The highest BCUT2D eigenvalue weighted by Crippen LogP contribution is 2.29. The number of thiazole rings is 1. The van der Waals surface area contributed by atoms with Crippen LogP contribution in [-0.2, 0) is 5.75 Å². The van der Waals surface area contributed by atoms with E-state index in [9.17, 15) is 4.79 Å². The van der Waals surface area contributed by atoms with E-state index >= 15 is 0 Å². The van der Waals surface area contributed by atoms with Crippen molar-refractivity contribution in [1.29, 1.82) is 0 Å². The number of rotatable bonds is 4. The molecule has 1 amide bonds. The van der Waals surface area contributed by atoms with Crippen molar-refractivity contribution in [2.24, 2.45) is 5.84 Å². The SMILES string of the molecule is NNC(=O)c1nc(CSc2ccc(Cl)c(Cl)c2)cs1. The maximum Gasteiger partial charge on any atom is 0.294 e. The van der Waals surface area contributed by atoms with E-state index in [0.717, 1.165) is 10.6 Å². The molecule has 2 aromatic rings. The molecule has 0 saturated heterocycles. The number of carbonyl (C=O) groups excluding carboxylic acids is 1. The van der Waals surface area contributed by atoms with Crippen molar-refractivity contribution in [3.8, 4) is 0 Å². The van der Waals surface area contributed by atoms with Crippen LogP contribution in [0.3, 0.4) is 0 Å². The maximum atomic E-state index is 11.3. The van der Waals surface area contributed by atoms with Crippen LogP contribution in [0, 0.1) is 0 Å². The Bertz CT molecular complexity index is 603. The zero-order chi connectivity index (χ0) is 13.8. The minimum atomic E-state index is -0.379. The van der Waals surface area contributed by atoms with Crippen LogP contribution >= 0.6 is 46.3 Å². The van der Waals surface area contributed by atoms with Crippen LogP contribution in [0.25, 0.3) is 0 Å². The molecule has 3 N–H and O–H groups in total. The lowest BCUT2D eigenvalue weighted by atomic mass is 10.4. The molecule has 0 unspecified atom stereocenters. The number of nitrogens with one attached hydrogen (secondary N) is 1. The highest BCUT2D eigenvalue weighted by atomic mass is 35.5. The number of aromatic nitrogens is 1. The number of benzene rings is 1. The molecule has 0 spiro atoms. The molecule has 1 heterocycles. The maximum absolute atomic E-state index is 11.3. The van der Waals surface area contributed by atoms with E-state index < -0.39 is 0 Å². The molecule has 4 nitrogen and oxygen atoms in total. The number of thioether (sulfide) groups is 1. The minimum absolute atomic E-state index is 0.354. The number of nitrogen functional groups attached to an aromatic ring is 1. The number of hydrogen-bond acceptors (Lipinski definition) is 5. The van der Waals surface area contributed by atoms with Crippen molar-refractivity contribution in [2.75, 3.05) is 0 Å². The van der Waals surface area contributed by atoms with E-state index in [-0.39, 0.29) is 5.91 Å². The summed E-state index contributed by atoms with van der Waals surface area (Å²) in [6.45, 7) is 0. The molecule has 0 radical (unpaired) electrons. The Morgan fingerprint density at radius 2 is 2.21 bits per heavy atom. The van der Waals surface area contributed by atoms with Crippen molar-refractivity contribution in [3.05, 3.63) is 44.3 Å². The van der Waals surface area contributed by atoms with Gasteiger partial charge in [0.1, 0.15) is 0 Å². The van der Waals surface area contributed by atoms with Crippen LogP contribution in [-0.4, -0.2) is 10.9 Å². The van der Waals surface area contributed by atoms with Crippen LogP contribution in [0.1, 0.15) is 15.5 Å². The van der Waals surface area contributed by atoms with Crippen LogP contribution < -0.4 is 11.3 Å². The van der Waals surface area contributed by atoms with Crippen molar-refractivity contribution in [3.63, 3.8) is 0 Å². The molecule has 0 aliphatic heterocycles. The fourth-order valence-electron chi connectivity index (χ4n) is 1.26. The van der Waals surface area contributed by atoms with Gasteiger partial charge in [0, 0.05) is 16.0 Å². The molecule has 8 heteroatoms. The molecule has 19 heavy (non-hydrogen) atoms. The monoisotopic (exact) mass is 333 g/mol. The van der Waals surface area contributed by atoms with E-state index in [0.29, 0.717) is 20.8 Å². The smallest absolute Gasteiger partial charge is 0.288 e. The average Bonchev–Trinajstić information content (AvgIpc) is 2.88. The van der Waals surface area contributed by atoms with Gasteiger partial charge in [0.05, 0.1) is 15.7 Å². The largest absolute Gasteiger partial charge is 0.294 e. The standard InChI is InChI=1S/C11H9Cl2N3OS2/c12-8-2-1-7(3-9(8)13)18-4-6-5-19-11(15-6)10(17)16-14/h1-3,5H,4,14H2,(H,16,17). The van der Waals surface area contributed by atoms with Gasteiger partial charge < -0.3 is 0 Å². The van der Waals surface area contributed by atoms with Crippen molar-refractivity contribution in [2.45, 2.75) is 10.6 Å². The number of amides is 1. The summed E-state index contributed by atoms with van der Waals surface area (Å²) in [6, 6.07) is 5.44. The number of carbonyl (C=O) groups is 1. The second-order valence-electron chi connectivity index (χ2n) is 3.48. The zero-order valence-corrected chi connectivity index (χ0v) is 12.7. The number of hydrazine groups is 1. The lowest BCUT2D eigenvalue weighted by molar-refractivity contribution is 0.0953. The van der Waals surface area contributed by atoms with Crippen LogP contribution in [0.15, 0.2) is 28.5 Å². The summed E-state index contributed by atoms with van der Waals surface area (Å²) in [6.07, 6.45) is 0. The van der Waals surface area contributed by atoms with Gasteiger partial charge in [-0.25, -0.2) is 10.8 Å². The summed E-state index contributed by atoms with van der Waals surface area (Å²) in [5, 5.41) is 3.23. The van der Waals surface area contributed by atoms with Crippen molar-refractivity contribution in [1.82, 2.24) is 10.4 Å². The molecule has 0 saturated carbocycles. The summed E-state index contributed by atoms with van der Waals surface area (Å²) < 4.78 is 0. The third-order valence-electron chi connectivity index (χ3n) is 2.15. The first-order chi connectivity index (χ1) is 9.10. The lowest BCUT2D eigenvalue weighted by Crippen LogP contribution is -2.29. The Hall–Kier alpha value is -0.790. The van der Waals surface area contributed by atoms with Gasteiger partial charge in [0.15, 0.2) is 5.01 Å². The zero-order valence-electron chi connectivity index (χ0n) is 9.52. The molecule has 0 fully saturated rings. The van der Waals surface area contributed by atoms with Gasteiger partial charge in [0.2, 0.25) is 0 Å². The third-order valence-corrected chi connectivity index (χ3v) is 4.81. The highest BCUT2D eigenvalue weighted by molar-refractivity contribution is 7.98. The Morgan fingerprint density at radius 3 is 2.89 bits per heavy atom. The van der Waals surface area contributed by atoms with Gasteiger partial charge in [-0.1, -0.05) is 23.2 Å².